The molecule has 0 aromatic carbocycles. The van der Waals surface area contributed by atoms with E-state index in [1.807, 2.05) is 19.3 Å². The molecule has 0 aliphatic carbocycles. The molecule has 1 rings (SSSR count). The molecule has 0 amide bonds. The average molecular weight is 251 g/mol. The van der Waals surface area contributed by atoms with Crippen LogP contribution < -0.4 is 10.6 Å². The van der Waals surface area contributed by atoms with Gasteiger partial charge >= 0.3 is 0 Å². The topological polar surface area (TPSA) is 51.4 Å². The quantitative estimate of drug-likeness (QED) is 0.803. The first-order valence-corrected chi connectivity index (χ1v) is 6.50. The number of hydrogen-bond donors (Lipinski definition) is 1. The van der Waals surface area contributed by atoms with E-state index in [1.54, 1.807) is 7.11 Å². The van der Waals surface area contributed by atoms with Crippen LogP contribution in [0.2, 0.25) is 0 Å². The standard InChI is InChI=1S/C14H25N3O/c1-5-13(15)8-12-6-7-14(16-9-12)17(3)11(2)10-18-4/h6-7,9,11,13H,5,8,10,15H2,1-4H3. The van der Waals surface area contributed by atoms with Crippen molar-refractivity contribution in [2.75, 3.05) is 25.7 Å². The number of hydrogen-bond acceptors (Lipinski definition) is 4. The van der Waals surface area contributed by atoms with Gasteiger partial charge in [0.25, 0.3) is 0 Å². The molecular formula is C14H25N3O. The molecule has 1 aromatic heterocycles. The van der Waals surface area contributed by atoms with Crippen molar-refractivity contribution >= 4 is 5.82 Å². The summed E-state index contributed by atoms with van der Waals surface area (Å²) in [6.07, 6.45) is 3.80. The Hall–Kier alpha value is -1.13. The van der Waals surface area contributed by atoms with Crippen molar-refractivity contribution in [3.05, 3.63) is 23.9 Å². The predicted octanol–water partition coefficient (Wildman–Crippen LogP) is 1.83. The first-order chi connectivity index (χ1) is 8.58. The first-order valence-electron chi connectivity index (χ1n) is 6.50. The maximum absolute atomic E-state index is 5.94. The zero-order chi connectivity index (χ0) is 13.5. The summed E-state index contributed by atoms with van der Waals surface area (Å²) in [5, 5.41) is 0. The minimum Gasteiger partial charge on any atom is -0.383 e. The molecule has 2 unspecified atom stereocenters. The van der Waals surface area contributed by atoms with Crippen LogP contribution in [-0.4, -0.2) is 37.8 Å². The van der Waals surface area contributed by atoms with E-state index in [9.17, 15) is 0 Å². The van der Waals surface area contributed by atoms with E-state index >= 15 is 0 Å². The van der Waals surface area contributed by atoms with E-state index < -0.39 is 0 Å². The number of rotatable bonds is 7. The van der Waals surface area contributed by atoms with Crippen LogP contribution in [0, 0.1) is 0 Å². The van der Waals surface area contributed by atoms with Crippen LogP contribution in [0.3, 0.4) is 0 Å². The predicted molar refractivity (Wildman–Crippen MR) is 75.9 cm³/mol. The second-order valence-electron chi connectivity index (χ2n) is 4.81. The minimum atomic E-state index is 0.225. The number of nitrogens with zero attached hydrogens (tertiary/aromatic N) is 2. The molecule has 0 bridgehead atoms. The molecule has 0 saturated heterocycles. The number of nitrogens with two attached hydrogens (primary N) is 1. The number of anilines is 1. The largest absolute Gasteiger partial charge is 0.383 e. The lowest BCUT2D eigenvalue weighted by molar-refractivity contribution is 0.183. The molecule has 0 radical (unpaired) electrons. The van der Waals surface area contributed by atoms with Crippen molar-refractivity contribution in [3.8, 4) is 0 Å². The van der Waals surface area contributed by atoms with E-state index in [2.05, 4.69) is 29.8 Å². The molecule has 1 aromatic rings. The number of likely N-dealkylation sites (N-methyl/N-ethyl adjacent to an activating group) is 1. The zero-order valence-corrected chi connectivity index (χ0v) is 11.9. The van der Waals surface area contributed by atoms with Gasteiger partial charge in [0.1, 0.15) is 5.82 Å². The van der Waals surface area contributed by atoms with E-state index in [-0.39, 0.29) is 6.04 Å². The van der Waals surface area contributed by atoms with Crippen LogP contribution in [-0.2, 0) is 11.2 Å². The Morgan fingerprint density at radius 1 is 1.44 bits per heavy atom. The number of aromatic nitrogens is 1. The molecule has 0 spiro atoms. The summed E-state index contributed by atoms with van der Waals surface area (Å²) in [5.74, 6) is 0.966. The van der Waals surface area contributed by atoms with E-state index in [4.69, 9.17) is 10.5 Å². The minimum absolute atomic E-state index is 0.225. The van der Waals surface area contributed by atoms with Crippen molar-refractivity contribution in [3.63, 3.8) is 0 Å². The molecule has 0 fully saturated rings. The first kappa shape index (κ1) is 14.9. The van der Waals surface area contributed by atoms with Crippen molar-refractivity contribution in [2.45, 2.75) is 38.8 Å². The van der Waals surface area contributed by atoms with Gasteiger partial charge in [0.05, 0.1) is 12.6 Å². The van der Waals surface area contributed by atoms with E-state index in [0.29, 0.717) is 12.6 Å². The molecule has 1 heterocycles. The highest BCUT2D eigenvalue weighted by atomic mass is 16.5. The normalized spacial score (nSPS) is 14.3. The van der Waals surface area contributed by atoms with Crippen molar-refractivity contribution in [1.29, 1.82) is 0 Å². The van der Waals surface area contributed by atoms with Gasteiger partial charge in [-0.15, -0.1) is 0 Å². The lowest BCUT2D eigenvalue weighted by atomic mass is 10.1. The zero-order valence-electron chi connectivity index (χ0n) is 11.9. The maximum Gasteiger partial charge on any atom is 0.128 e. The number of methoxy groups -OCH3 is 1. The smallest absolute Gasteiger partial charge is 0.128 e. The van der Waals surface area contributed by atoms with Crippen LogP contribution in [0.4, 0.5) is 5.82 Å². The highest BCUT2D eigenvalue weighted by Crippen LogP contribution is 2.13. The maximum atomic E-state index is 5.94. The third kappa shape index (κ3) is 4.27. The fraction of sp³-hybridized carbons (Fsp3) is 0.643. The molecule has 102 valence electrons. The Morgan fingerprint density at radius 3 is 2.67 bits per heavy atom. The SMILES string of the molecule is CCC(N)Cc1ccc(N(C)C(C)COC)nc1. The number of pyridine rings is 1. The third-order valence-corrected chi connectivity index (χ3v) is 3.26. The van der Waals surface area contributed by atoms with Crippen LogP contribution in [0.15, 0.2) is 18.3 Å². The van der Waals surface area contributed by atoms with Gasteiger partial charge < -0.3 is 15.4 Å². The Labute approximate surface area is 110 Å². The summed E-state index contributed by atoms with van der Waals surface area (Å²) in [4.78, 5) is 6.60. The number of ether oxygens (including phenoxy) is 1. The van der Waals surface area contributed by atoms with E-state index in [0.717, 1.165) is 18.7 Å². The lowest BCUT2D eigenvalue weighted by Crippen LogP contribution is -2.33. The van der Waals surface area contributed by atoms with Crippen LogP contribution in [0.1, 0.15) is 25.8 Å². The van der Waals surface area contributed by atoms with Gasteiger partial charge in [0, 0.05) is 26.4 Å². The summed E-state index contributed by atoms with van der Waals surface area (Å²) in [6, 6.07) is 4.69. The summed E-state index contributed by atoms with van der Waals surface area (Å²) in [7, 11) is 3.75. The fourth-order valence-electron chi connectivity index (χ4n) is 1.77. The van der Waals surface area contributed by atoms with Crippen molar-refractivity contribution in [2.24, 2.45) is 5.73 Å². The highest BCUT2D eigenvalue weighted by Gasteiger charge is 2.11. The summed E-state index contributed by atoms with van der Waals surface area (Å²) >= 11 is 0. The Kier molecular flexibility index (Phi) is 6.09. The van der Waals surface area contributed by atoms with Crippen LogP contribution in [0.25, 0.3) is 0 Å². The molecule has 2 N–H and O–H groups in total. The molecule has 18 heavy (non-hydrogen) atoms. The molecule has 2 atom stereocenters. The highest BCUT2D eigenvalue weighted by molar-refractivity contribution is 5.39. The monoisotopic (exact) mass is 251 g/mol. The van der Waals surface area contributed by atoms with Gasteiger partial charge in [0.2, 0.25) is 0 Å². The van der Waals surface area contributed by atoms with Crippen molar-refractivity contribution in [1.82, 2.24) is 4.98 Å². The second-order valence-corrected chi connectivity index (χ2v) is 4.81. The fourth-order valence-corrected chi connectivity index (χ4v) is 1.77. The molecule has 0 aliphatic rings. The van der Waals surface area contributed by atoms with Gasteiger partial charge in [-0.2, -0.15) is 0 Å². The molecular weight excluding hydrogens is 226 g/mol. The van der Waals surface area contributed by atoms with Crippen LogP contribution >= 0.6 is 0 Å². The Bertz CT molecular complexity index is 339. The summed E-state index contributed by atoms with van der Waals surface area (Å²) < 4.78 is 5.15. The van der Waals surface area contributed by atoms with Gasteiger partial charge in [0.15, 0.2) is 0 Å². The summed E-state index contributed by atoms with van der Waals surface area (Å²) in [6.45, 7) is 4.92. The molecule has 4 nitrogen and oxygen atoms in total. The summed E-state index contributed by atoms with van der Waals surface area (Å²) in [5.41, 5.74) is 7.13. The Balaban J connectivity index is 2.64. The lowest BCUT2D eigenvalue weighted by Gasteiger charge is -2.25. The molecule has 0 aliphatic heterocycles. The average Bonchev–Trinajstić information content (AvgIpc) is 2.39. The Morgan fingerprint density at radius 2 is 2.17 bits per heavy atom. The van der Waals surface area contributed by atoms with Gasteiger partial charge in [-0.3, -0.25) is 0 Å². The van der Waals surface area contributed by atoms with E-state index in [1.165, 1.54) is 5.56 Å². The van der Waals surface area contributed by atoms with Crippen LogP contribution in [0.5, 0.6) is 0 Å². The van der Waals surface area contributed by atoms with Gasteiger partial charge in [-0.1, -0.05) is 13.0 Å². The second kappa shape index (κ2) is 7.34. The van der Waals surface area contributed by atoms with Gasteiger partial charge in [-0.25, -0.2) is 4.98 Å². The molecule has 0 saturated carbocycles. The third-order valence-electron chi connectivity index (χ3n) is 3.26. The molecule has 4 heteroatoms. The van der Waals surface area contributed by atoms with Gasteiger partial charge in [-0.05, 0) is 31.4 Å². The van der Waals surface area contributed by atoms with Crippen molar-refractivity contribution < 1.29 is 4.74 Å².